The first-order valence-corrected chi connectivity index (χ1v) is 17.4. The van der Waals surface area contributed by atoms with Gasteiger partial charge in [-0.2, -0.15) is 0 Å². The molecule has 7 nitrogen and oxygen atoms in total. The zero-order chi connectivity index (χ0) is 31.8. The van der Waals surface area contributed by atoms with Crippen LogP contribution in [0.4, 0.5) is 4.39 Å². The summed E-state index contributed by atoms with van der Waals surface area (Å²) in [5, 5.41) is 0.0188. The largest absolute Gasteiger partial charge is 0.496 e. The summed E-state index contributed by atoms with van der Waals surface area (Å²) in [7, 11) is 0.849. The van der Waals surface area contributed by atoms with Gasteiger partial charge in [-0.3, -0.25) is 14.6 Å². The molecule has 2 aromatic carbocycles. The smallest absolute Gasteiger partial charge is 0.322 e. The number of ether oxygens (including phenoxy) is 3. The highest BCUT2D eigenvalue weighted by Crippen LogP contribution is 2.37. The van der Waals surface area contributed by atoms with Gasteiger partial charge in [0.15, 0.2) is 20.0 Å². The summed E-state index contributed by atoms with van der Waals surface area (Å²) < 4.78 is 37.4. The number of halogens is 2. The molecule has 0 aromatic heterocycles. The third kappa shape index (κ3) is 8.88. The van der Waals surface area contributed by atoms with Crippen molar-refractivity contribution in [2.75, 3.05) is 27.4 Å². The normalized spacial score (nSPS) is 13.7. The Balaban J connectivity index is 2.52. The van der Waals surface area contributed by atoms with Crippen molar-refractivity contribution in [1.29, 1.82) is 0 Å². The molecule has 0 N–H and O–H groups in total. The number of hydrogen-bond donors (Lipinski definition) is 0. The summed E-state index contributed by atoms with van der Waals surface area (Å²) in [4.78, 5) is 31.7. The van der Waals surface area contributed by atoms with Crippen molar-refractivity contribution in [2.45, 2.75) is 72.1 Å². The summed E-state index contributed by atoms with van der Waals surface area (Å²) in [5.41, 5.74) is 0.971. The van der Waals surface area contributed by atoms with Gasteiger partial charge in [-0.1, -0.05) is 58.4 Å². The number of rotatable bonds is 14. The van der Waals surface area contributed by atoms with E-state index in [1.54, 1.807) is 31.2 Å². The number of esters is 1. The van der Waals surface area contributed by atoms with E-state index in [0.29, 0.717) is 23.5 Å². The van der Waals surface area contributed by atoms with Crippen molar-refractivity contribution in [3.8, 4) is 11.5 Å². The molecule has 0 amide bonds. The number of ketones is 1. The standard InChI is InChI=1S/C32H45ClFNO6Si/c1-11-40-31(37)24(18-35-26(20(2)3)19-41-42(9,10)32(4,5)6)30(36)23-16-22(27(38-7)17-28(23)39-8)15-21-13-12-14-25(33)29(21)34/h12-14,16-18,20,24,26H,11,15,19H2,1-10H3. The van der Waals surface area contributed by atoms with Crippen molar-refractivity contribution < 1.29 is 32.6 Å². The van der Waals surface area contributed by atoms with Crippen molar-refractivity contribution in [3.05, 3.63) is 57.9 Å². The van der Waals surface area contributed by atoms with Gasteiger partial charge in [0.25, 0.3) is 0 Å². The van der Waals surface area contributed by atoms with Gasteiger partial charge in [0.1, 0.15) is 17.3 Å². The number of methoxy groups -OCH3 is 2. The van der Waals surface area contributed by atoms with Gasteiger partial charge in [0, 0.05) is 18.7 Å². The first-order chi connectivity index (χ1) is 19.6. The highest BCUT2D eigenvalue weighted by Gasteiger charge is 2.38. The van der Waals surface area contributed by atoms with Gasteiger partial charge in [-0.05, 0) is 54.2 Å². The quantitative estimate of drug-likeness (QED) is 0.0711. The number of nitrogens with zero attached hydrogens (tertiary/aromatic N) is 1. The van der Waals surface area contributed by atoms with E-state index in [-0.39, 0.29) is 46.4 Å². The maximum atomic E-state index is 14.7. The second-order valence-corrected chi connectivity index (χ2v) is 17.2. The molecule has 0 aliphatic rings. The molecule has 2 unspecified atom stereocenters. The predicted octanol–water partition coefficient (Wildman–Crippen LogP) is 7.57. The molecule has 2 atom stereocenters. The van der Waals surface area contributed by atoms with Crippen LogP contribution in [0, 0.1) is 17.7 Å². The Hall–Kier alpha value is -2.75. The van der Waals surface area contributed by atoms with Gasteiger partial charge < -0.3 is 18.6 Å². The Labute approximate surface area is 255 Å². The minimum Gasteiger partial charge on any atom is -0.496 e. The van der Waals surface area contributed by atoms with E-state index >= 15 is 0 Å². The number of aliphatic imine (C=N–C) groups is 1. The Kier molecular flexibility index (Phi) is 12.8. The molecular weight excluding hydrogens is 577 g/mol. The minimum atomic E-state index is -2.04. The summed E-state index contributed by atoms with van der Waals surface area (Å²) in [6, 6.07) is 7.55. The molecule has 10 heteroatoms. The van der Waals surface area contributed by atoms with Crippen LogP contribution in [0.5, 0.6) is 11.5 Å². The number of carbonyl (C=O) groups excluding carboxylic acids is 2. The molecule has 0 aliphatic carbocycles. The fourth-order valence-electron chi connectivity index (χ4n) is 3.94. The lowest BCUT2D eigenvalue weighted by atomic mass is 9.93. The molecule has 0 saturated heterocycles. The molecule has 0 spiro atoms. The second kappa shape index (κ2) is 15.1. The monoisotopic (exact) mass is 621 g/mol. The summed E-state index contributed by atoms with van der Waals surface area (Å²) >= 11 is 5.99. The SMILES string of the molecule is CCOC(=O)C(C=NC(CO[Si](C)(C)C(C)(C)C)C(C)C)C(=O)c1cc(Cc2cccc(Cl)c2F)c(OC)cc1OC. The van der Waals surface area contributed by atoms with Crippen LogP contribution in [0.1, 0.15) is 63.0 Å². The zero-order valence-corrected chi connectivity index (χ0v) is 28.2. The minimum absolute atomic E-state index is 0.00731. The Bertz CT molecular complexity index is 1270. The fraction of sp³-hybridized carbons (Fsp3) is 0.531. The topological polar surface area (TPSA) is 83.4 Å². The van der Waals surface area contributed by atoms with Crippen LogP contribution in [0.2, 0.25) is 23.2 Å². The zero-order valence-electron chi connectivity index (χ0n) is 26.5. The average molecular weight is 622 g/mol. The highest BCUT2D eigenvalue weighted by atomic mass is 35.5. The van der Waals surface area contributed by atoms with Gasteiger partial charge >= 0.3 is 5.97 Å². The number of carbonyl (C=O) groups is 2. The maximum Gasteiger partial charge on any atom is 0.322 e. The number of hydrogen-bond acceptors (Lipinski definition) is 7. The molecule has 0 aliphatic heterocycles. The second-order valence-electron chi connectivity index (χ2n) is 12.0. The number of Topliss-reactive ketones (excluding diaryl/α,β-unsaturated/α-hetero) is 1. The molecule has 0 bridgehead atoms. The van der Waals surface area contributed by atoms with E-state index in [4.69, 9.17) is 30.2 Å². The van der Waals surface area contributed by atoms with E-state index < -0.39 is 31.8 Å². The van der Waals surface area contributed by atoms with E-state index in [2.05, 4.69) is 38.9 Å². The molecule has 2 rings (SSSR count). The third-order valence-electron chi connectivity index (χ3n) is 7.72. The van der Waals surface area contributed by atoms with Crippen LogP contribution in [-0.4, -0.2) is 59.8 Å². The summed E-state index contributed by atoms with van der Waals surface area (Å²) in [5.74, 6) is -2.46. The molecule has 0 heterocycles. The van der Waals surface area contributed by atoms with Crippen molar-refractivity contribution >= 4 is 37.9 Å². The van der Waals surface area contributed by atoms with Crippen LogP contribution in [0.15, 0.2) is 35.3 Å². The Morgan fingerprint density at radius 2 is 1.71 bits per heavy atom. The van der Waals surface area contributed by atoms with Gasteiger partial charge in [-0.25, -0.2) is 4.39 Å². The molecule has 0 saturated carbocycles. The lowest BCUT2D eigenvalue weighted by molar-refractivity contribution is -0.144. The molecule has 42 heavy (non-hydrogen) atoms. The van der Waals surface area contributed by atoms with E-state index in [0.717, 1.165) is 0 Å². The fourth-order valence-corrected chi connectivity index (χ4v) is 5.15. The van der Waals surface area contributed by atoms with Crippen LogP contribution in [0.25, 0.3) is 0 Å². The van der Waals surface area contributed by atoms with E-state index in [1.165, 1.54) is 26.5 Å². The van der Waals surface area contributed by atoms with E-state index in [9.17, 15) is 14.0 Å². The van der Waals surface area contributed by atoms with Crippen LogP contribution in [-0.2, 0) is 20.4 Å². The Morgan fingerprint density at radius 1 is 1.07 bits per heavy atom. The lowest BCUT2D eigenvalue weighted by Gasteiger charge is -2.37. The predicted molar refractivity (Wildman–Crippen MR) is 168 cm³/mol. The maximum absolute atomic E-state index is 14.7. The molecular formula is C32H45ClFNO6Si. The first-order valence-electron chi connectivity index (χ1n) is 14.1. The van der Waals surface area contributed by atoms with Crippen LogP contribution in [0.3, 0.4) is 0 Å². The van der Waals surface area contributed by atoms with E-state index in [1.807, 2.05) is 13.8 Å². The molecule has 0 fully saturated rings. The number of benzene rings is 2. The summed E-state index contributed by atoms with van der Waals surface area (Å²) in [6.07, 6.45) is 1.46. The summed E-state index contributed by atoms with van der Waals surface area (Å²) in [6.45, 7) is 17.0. The van der Waals surface area contributed by atoms with Crippen LogP contribution < -0.4 is 9.47 Å². The molecule has 0 radical (unpaired) electrons. The average Bonchev–Trinajstić information content (AvgIpc) is 2.91. The highest BCUT2D eigenvalue weighted by molar-refractivity contribution is 6.74. The Morgan fingerprint density at radius 3 is 2.26 bits per heavy atom. The lowest BCUT2D eigenvalue weighted by Crippen LogP contribution is -2.43. The van der Waals surface area contributed by atoms with Crippen molar-refractivity contribution in [2.24, 2.45) is 16.8 Å². The molecule has 232 valence electrons. The van der Waals surface area contributed by atoms with Crippen molar-refractivity contribution in [1.82, 2.24) is 0 Å². The van der Waals surface area contributed by atoms with Gasteiger partial charge in [0.05, 0.1) is 44.1 Å². The van der Waals surface area contributed by atoms with Gasteiger partial charge in [-0.15, -0.1) is 0 Å². The third-order valence-corrected chi connectivity index (χ3v) is 12.5. The van der Waals surface area contributed by atoms with Gasteiger partial charge in [0.2, 0.25) is 0 Å². The van der Waals surface area contributed by atoms with Crippen molar-refractivity contribution in [3.63, 3.8) is 0 Å². The molecule has 2 aromatic rings. The van der Waals surface area contributed by atoms with Crippen LogP contribution >= 0.6 is 11.6 Å². The first kappa shape index (κ1) is 35.4.